The average molecular weight is 450 g/mol. The molecule has 1 rings (SSSR count). The molecule has 0 amide bonds. The Morgan fingerprint density at radius 1 is 0.933 bits per heavy atom. The van der Waals surface area contributed by atoms with Crippen LogP contribution in [0.1, 0.15) is 71.6 Å². The van der Waals surface area contributed by atoms with E-state index in [-0.39, 0.29) is 19.3 Å². The SMILES string of the molecule is CCCCC[C@@H]1O[C@@H]([C@@H](CCCCC)OC(=O)C(F)(F)F)C[C@@H]1OC(=O)C(F)(F)F. The molecule has 5 nitrogen and oxygen atoms in total. The first-order chi connectivity index (χ1) is 13.9. The maximum atomic E-state index is 12.6. The van der Waals surface area contributed by atoms with Crippen LogP contribution in [0, 0.1) is 0 Å². The number of unbranched alkanes of at least 4 members (excludes halogenated alkanes) is 4. The minimum Gasteiger partial charge on any atom is -0.453 e. The van der Waals surface area contributed by atoms with Crippen molar-refractivity contribution >= 4 is 11.9 Å². The van der Waals surface area contributed by atoms with E-state index >= 15 is 0 Å². The van der Waals surface area contributed by atoms with Crippen LogP contribution in [0.25, 0.3) is 0 Å². The number of alkyl halides is 6. The number of rotatable bonds is 11. The molecule has 0 aromatic heterocycles. The molecule has 1 fully saturated rings. The van der Waals surface area contributed by atoms with Crippen molar-refractivity contribution in [3.63, 3.8) is 0 Å². The molecule has 0 N–H and O–H groups in total. The molecule has 0 radical (unpaired) electrons. The molecule has 0 aromatic rings. The Balaban J connectivity index is 2.93. The lowest BCUT2D eigenvalue weighted by molar-refractivity contribution is -0.211. The largest absolute Gasteiger partial charge is 0.490 e. The summed E-state index contributed by atoms with van der Waals surface area (Å²) in [7, 11) is 0. The van der Waals surface area contributed by atoms with Crippen molar-refractivity contribution in [1.82, 2.24) is 0 Å². The maximum Gasteiger partial charge on any atom is 0.490 e. The maximum absolute atomic E-state index is 12.6. The van der Waals surface area contributed by atoms with Crippen LogP contribution in [-0.4, -0.2) is 48.7 Å². The summed E-state index contributed by atoms with van der Waals surface area (Å²) < 4.78 is 90.5. The van der Waals surface area contributed by atoms with Gasteiger partial charge in [-0.3, -0.25) is 0 Å². The van der Waals surface area contributed by atoms with Gasteiger partial charge in [0.05, 0.1) is 12.2 Å². The zero-order chi connectivity index (χ0) is 22.9. The minimum absolute atomic E-state index is 0.0575. The number of hydrogen-bond acceptors (Lipinski definition) is 5. The van der Waals surface area contributed by atoms with Gasteiger partial charge in [-0.25, -0.2) is 9.59 Å². The van der Waals surface area contributed by atoms with Gasteiger partial charge in [0.2, 0.25) is 0 Å². The van der Waals surface area contributed by atoms with Gasteiger partial charge in [-0.15, -0.1) is 0 Å². The van der Waals surface area contributed by atoms with Gasteiger partial charge in [-0.05, 0) is 19.3 Å². The van der Waals surface area contributed by atoms with E-state index in [0.29, 0.717) is 19.3 Å². The predicted molar refractivity (Wildman–Crippen MR) is 93.4 cm³/mol. The van der Waals surface area contributed by atoms with Crippen molar-refractivity contribution in [2.45, 2.75) is 108 Å². The Labute approximate surface area is 171 Å². The molecule has 1 aliphatic heterocycles. The van der Waals surface area contributed by atoms with Crippen molar-refractivity contribution < 1.29 is 50.1 Å². The van der Waals surface area contributed by atoms with Gasteiger partial charge in [0.1, 0.15) is 12.2 Å². The summed E-state index contributed by atoms with van der Waals surface area (Å²) in [5.74, 6) is -4.77. The Bertz CT molecular complexity index is 549. The van der Waals surface area contributed by atoms with Gasteiger partial charge < -0.3 is 14.2 Å². The fourth-order valence-corrected chi connectivity index (χ4v) is 3.29. The summed E-state index contributed by atoms with van der Waals surface area (Å²) in [4.78, 5) is 22.6. The molecule has 1 aliphatic rings. The van der Waals surface area contributed by atoms with Gasteiger partial charge in [0, 0.05) is 6.42 Å². The lowest BCUT2D eigenvalue weighted by Crippen LogP contribution is -2.37. The molecule has 1 saturated heterocycles. The molecule has 0 bridgehead atoms. The van der Waals surface area contributed by atoms with Gasteiger partial charge in [0.15, 0.2) is 0 Å². The third-order valence-corrected chi connectivity index (χ3v) is 4.81. The Hall–Kier alpha value is -1.52. The monoisotopic (exact) mass is 450 g/mol. The second-order valence-corrected chi connectivity index (χ2v) is 7.32. The van der Waals surface area contributed by atoms with Crippen molar-refractivity contribution in [3.05, 3.63) is 0 Å². The third-order valence-electron chi connectivity index (χ3n) is 4.81. The van der Waals surface area contributed by atoms with Gasteiger partial charge in [-0.2, -0.15) is 26.3 Å². The highest BCUT2D eigenvalue weighted by Crippen LogP contribution is 2.34. The molecular weight excluding hydrogens is 422 g/mol. The van der Waals surface area contributed by atoms with Crippen LogP contribution in [0.15, 0.2) is 0 Å². The second-order valence-electron chi connectivity index (χ2n) is 7.32. The van der Waals surface area contributed by atoms with E-state index in [1.165, 1.54) is 0 Å². The number of ether oxygens (including phenoxy) is 3. The van der Waals surface area contributed by atoms with Crippen molar-refractivity contribution in [1.29, 1.82) is 0 Å². The zero-order valence-electron chi connectivity index (χ0n) is 17.0. The van der Waals surface area contributed by atoms with Crippen LogP contribution < -0.4 is 0 Å². The van der Waals surface area contributed by atoms with E-state index in [2.05, 4.69) is 9.47 Å². The molecule has 1 heterocycles. The second kappa shape index (κ2) is 11.8. The molecular formula is C19H28F6O5. The number of carbonyl (C=O) groups excluding carboxylic acids is 2. The van der Waals surface area contributed by atoms with Crippen molar-refractivity contribution in [2.75, 3.05) is 0 Å². The number of hydrogen-bond donors (Lipinski definition) is 0. The topological polar surface area (TPSA) is 61.8 Å². The highest BCUT2D eigenvalue weighted by Gasteiger charge is 2.49. The Morgan fingerprint density at radius 2 is 1.50 bits per heavy atom. The van der Waals surface area contributed by atoms with E-state index in [4.69, 9.17) is 4.74 Å². The molecule has 0 aliphatic carbocycles. The fraction of sp³-hybridized carbons (Fsp3) is 0.895. The molecule has 176 valence electrons. The first-order valence-corrected chi connectivity index (χ1v) is 10.1. The minimum atomic E-state index is -5.20. The molecule has 11 heteroatoms. The van der Waals surface area contributed by atoms with Crippen LogP contribution in [0.2, 0.25) is 0 Å². The van der Waals surface area contributed by atoms with Crippen molar-refractivity contribution in [2.24, 2.45) is 0 Å². The first kappa shape index (κ1) is 26.5. The first-order valence-electron chi connectivity index (χ1n) is 10.1. The van der Waals surface area contributed by atoms with Gasteiger partial charge in [0.25, 0.3) is 0 Å². The zero-order valence-corrected chi connectivity index (χ0v) is 17.0. The van der Waals surface area contributed by atoms with Crippen LogP contribution in [-0.2, 0) is 23.8 Å². The summed E-state index contributed by atoms with van der Waals surface area (Å²) in [6.45, 7) is 3.79. The summed E-state index contributed by atoms with van der Waals surface area (Å²) in [6.07, 6.45) is -10.9. The highest BCUT2D eigenvalue weighted by molar-refractivity contribution is 5.76. The predicted octanol–water partition coefficient (Wildman–Crippen LogP) is 5.25. The quantitative estimate of drug-likeness (QED) is 0.244. The van der Waals surface area contributed by atoms with E-state index in [1.807, 2.05) is 13.8 Å². The van der Waals surface area contributed by atoms with Gasteiger partial charge >= 0.3 is 24.3 Å². The smallest absolute Gasteiger partial charge is 0.453 e. The summed E-state index contributed by atoms with van der Waals surface area (Å²) in [6, 6.07) is 0. The van der Waals surface area contributed by atoms with E-state index < -0.39 is 48.7 Å². The number of esters is 2. The number of carbonyl (C=O) groups is 2. The summed E-state index contributed by atoms with van der Waals surface area (Å²) in [5, 5.41) is 0. The fourth-order valence-electron chi connectivity index (χ4n) is 3.29. The van der Waals surface area contributed by atoms with Crippen LogP contribution in [0.5, 0.6) is 0 Å². The van der Waals surface area contributed by atoms with E-state index in [0.717, 1.165) is 19.3 Å². The Morgan fingerprint density at radius 3 is 2.03 bits per heavy atom. The molecule has 0 spiro atoms. The molecule has 0 aromatic carbocycles. The van der Waals surface area contributed by atoms with Gasteiger partial charge in [-0.1, -0.05) is 46.0 Å². The van der Waals surface area contributed by atoms with E-state index in [9.17, 15) is 35.9 Å². The average Bonchev–Trinajstić information content (AvgIpc) is 3.02. The molecule has 0 saturated carbocycles. The summed E-state index contributed by atoms with van der Waals surface area (Å²) >= 11 is 0. The molecule has 30 heavy (non-hydrogen) atoms. The third kappa shape index (κ3) is 8.69. The highest BCUT2D eigenvalue weighted by atomic mass is 19.4. The van der Waals surface area contributed by atoms with Crippen molar-refractivity contribution in [3.8, 4) is 0 Å². The molecule has 0 unspecified atom stereocenters. The van der Waals surface area contributed by atoms with Crippen LogP contribution >= 0.6 is 0 Å². The number of halogens is 6. The molecule has 4 atom stereocenters. The lowest BCUT2D eigenvalue weighted by atomic mass is 10.0. The normalized spacial score (nSPS) is 23.3. The Kier molecular flexibility index (Phi) is 10.4. The van der Waals surface area contributed by atoms with E-state index in [1.54, 1.807) is 0 Å². The standard InChI is InChI=1S/C19H28F6O5/c1-3-5-7-9-12-15(30-17(27)19(23,24)25)11-14(28-12)13(10-8-6-4-2)29-16(26)18(20,21)22/h12-15H,3-11H2,1-2H3/t12-,13+,14+,15-/m0/s1. The lowest BCUT2D eigenvalue weighted by Gasteiger charge is -2.24. The van der Waals surface area contributed by atoms with Crippen LogP contribution in [0.3, 0.4) is 0 Å². The summed E-state index contributed by atoms with van der Waals surface area (Å²) in [5.41, 5.74) is 0. The van der Waals surface area contributed by atoms with Crippen LogP contribution in [0.4, 0.5) is 26.3 Å².